The quantitative estimate of drug-likeness (QED) is 0.731. The number of nitrogens with zero attached hydrogens (tertiary/aromatic N) is 1. The number of nitrogens with one attached hydrogen (secondary N) is 3. The SMILES string of the molecule is O=C(NCC1=CCNCC1)c1ccc(Cl)c(N2CCNC2=O)c1. The minimum atomic E-state index is -0.190. The zero-order valence-electron chi connectivity index (χ0n) is 12.7. The van der Waals surface area contributed by atoms with Gasteiger partial charge in [-0.25, -0.2) is 4.79 Å². The maximum absolute atomic E-state index is 12.3. The van der Waals surface area contributed by atoms with Gasteiger partial charge in [-0.2, -0.15) is 0 Å². The van der Waals surface area contributed by atoms with Gasteiger partial charge in [-0.1, -0.05) is 23.3 Å². The first-order valence-corrected chi connectivity index (χ1v) is 8.04. The average molecular weight is 335 g/mol. The summed E-state index contributed by atoms with van der Waals surface area (Å²) in [6, 6.07) is 4.80. The molecule has 0 aromatic heterocycles. The number of urea groups is 1. The third-order valence-electron chi connectivity index (χ3n) is 3.99. The summed E-state index contributed by atoms with van der Waals surface area (Å²) in [4.78, 5) is 25.7. The van der Waals surface area contributed by atoms with E-state index in [-0.39, 0.29) is 11.9 Å². The van der Waals surface area contributed by atoms with Gasteiger partial charge in [-0.3, -0.25) is 9.69 Å². The zero-order chi connectivity index (χ0) is 16.2. The lowest BCUT2D eigenvalue weighted by Gasteiger charge is -2.17. The van der Waals surface area contributed by atoms with Crippen molar-refractivity contribution in [1.29, 1.82) is 0 Å². The van der Waals surface area contributed by atoms with Gasteiger partial charge in [0.15, 0.2) is 0 Å². The van der Waals surface area contributed by atoms with E-state index in [2.05, 4.69) is 22.0 Å². The number of hydrogen-bond donors (Lipinski definition) is 3. The molecule has 1 aromatic rings. The summed E-state index contributed by atoms with van der Waals surface area (Å²) < 4.78 is 0. The van der Waals surface area contributed by atoms with Crippen LogP contribution in [0.5, 0.6) is 0 Å². The maximum Gasteiger partial charge on any atom is 0.322 e. The average Bonchev–Trinajstić information content (AvgIpc) is 3.00. The minimum absolute atomic E-state index is 0.165. The Morgan fingerprint density at radius 2 is 2.22 bits per heavy atom. The number of rotatable bonds is 4. The molecule has 1 saturated heterocycles. The largest absolute Gasteiger partial charge is 0.348 e. The molecule has 122 valence electrons. The molecule has 7 heteroatoms. The fourth-order valence-corrected chi connectivity index (χ4v) is 2.91. The molecule has 0 aliphatic carbocycles. The van der Waals surface area contributed by atoms with Crippen LogP contribution in [0.15, 0.2) is 29.8 Å². The third kappa shape index (κ3) is 3.65. The molecule has 0 bridgehead atoms. The summed E-state index contributed by atoms with van der Waals surface area (Å²) in [6.07, 6.45) is 3.05. The zero-order valence-corrected chi connectivity index (χ0v) is 13.4. The van der Waals surface area contributed by atoms with Gasteiger partial charge in [-0.15, -0.1) is 0 Å². The summed E-state index contributed by atoms with van der Waals surface area (Å²) in [5.74, 6) is -0.165. The van der Waals surface area contributed by atoms with Crippen molar-refractivity contribution in [3.05, 3.63) is 40.4 Å². The van der Waals surface area contributed by atoms with Crippen molar-refractivity contribution in [2.75, 3.05) is 37.6 Å². The highest BCUT2D eigenvalue weighted by Crippen LogP contribution is 2.28. The Labute approximate surface area is 139 Å². The smallest absolute Gasteiger partial charge is 0.322 e. The highest BCUT2D eigenvalue weighted by Gasteiger charge is 2.24. The Morgan fingerprint density at radius 1 is 1.35 bits per heavy atom. The Morgan fingerprint density at radius 3 is 2.91 bits per heavy atom. The van der Waals surface area contributed by atoms with E-state index in [4.69, 9.17) is 11.6 Å². The van der Waals surface area contributed by atoms with E-state index in [0.29, 0.717) is 35.9 Å². The normalized spacial score (nSPS) is 17.7. The molecule has 3 N–H and O–H groups in total. The highest BCUT2D eigenvalue weighted by molar-refractivity contribution is 6.34. The molecule has 1 fully saturated rings. The van der Waals surface area contributed by atoms with Gasteiger partial charge in [0.05, 0.1) is 10.7 Å². The van der Waals surface area contributed by atoms with E-state index in [9.17, 15) is 9.59 Å². The van der Waals surface area contributed by atoms with Crippen molar-refractivity contribution >= 4 is 29.2 Å². The minimum Gasteiger partial charge on any atom is -0.348 e. The van der Waals surface area contributed by atoms with Crippen molar-refractivity contribution in [2.24, 2.45) is 0 Å². The van der Waals surface area contributed by atoms with E-state index < -0.39 is 0 Å². The molecule has 0 radical (unpaired) electrons. The van der Waals surface area contributed by atoms with E-state index in [1.165, 1.54) is 5.57 Å². The van der Waals surface area contributed by atoms with Crippen LogP contribution in [0.3, 0.4) is 0 Å². The fraction of sp³-hybridized carbons (Fsp3) is 0.375. The lowest BCUT2D eigenvalue weighted by molar-refractivity contribution is 0.0956. The summed E-state index contributed by atoms with van der Waals surface area (Å²) in [5, 5.41) is 9.34. The molecule has 2 aliphatic heterocycles. The molecule has 0 atom stereocenters. The van der Waals surface area contributed by atoms with Crippen molar-refractivity contribution in [2.45, 2.75) is 6.42 Å². The molecule has 2 heterocycles. The lowest BCUT2D eigenvalue weighted by atomic mass is 10.1. The summed E-state index contributed by atoms with van der Waals surface area (Å²) in [5.41, 5.74) is 2.29. The Hall–Kier alpha value is -2.05. The molecule has 6 nitrogen and oxygen atoms in total. The molecule has 0 saturated carbocycles. The van der Waals surface area contributed by atoms with Crippen LogP contribution in [-0.2, 0) is 0 Å². The van der Waals surface area contributed by atoms with Crippen molar-refractivity contribution in [1.82, 2.24) is 16.0 Å². The van der Waals surface area contributed by atoms with Crippen LogP contribution in [0.25, 0.3) is 0 Å². The van der Waals surface area contributed by atoms with Crippen LogP contribution in [0, 0.1) is 0 Å². The van der Waals surface area contributed by atoms with Gasteiger partial charge in [0.1, 0.15) is 0 Å². The van der Waals surface area contributed by atoms with E-state index in [0.717, 1.165) is 19.5 Å². The number of anilines is 1. The summed E-state index contributed by atoms with van der Waals surface area (Å²) >= 11 is 6.18. The van der Waals surface area contributed by atoms with Gasteiger partial charge in [-0.05, 0) is 31.2 Å². The number of carbonyl (C=O) groups is 2. The summed E-state index contributed by atoms with van der Waals surface area (Å²) in [7, 11) is 0. The van der Waals surface area contributed by atoms with Gasteiger partial charge in [0.25, 0.3) is 5.91 Å². The van der Waals surface area contributed by atoms with Crippen molar-refractivity contribution < 1.29 is 9.59 Å². The van der Waals surface area contributed by atoms with Crippen LogP contribution < -0.4 is 20.9 Å². The van der Waals surface area contributed by atoms with Crippen LogP contribution in [0.4, 0.5) is 10.5 Å². The molecule has 0 spiro atoms. The molecule has 2 aliphatic rings. The van der Waals surface area contributed by atoms with Crippen molar-refractivity contribution in [3.8, 4) is 0 Å². The van der Waals surface area contributed by atoms with Gasteiger partial charge >= 0.3 is 6.03 Å². The molecule has 0 unspecified atom stereocenters. The number of carbonyl (C=O) groups excluding carboxylic acids is 2. The van der Waals surface area contributed by atoms with Gasteiger partial charge in [0, 0.05) is 31.7 Å². The van der Waals surface area contributed by atoms with E-state index in [1.807, 2.05) is 0 Å². The number of hydrogen-bond acceptors (Lipinski definition) is 3. The number of benzene rings is 1. The standard InChI is InChI=1S/C16H19ClN4O2/c17-13-2-1-12(9-14(13)21-8-7-19-16(21)23)15(22)20-10-11-3-5-18-6-4-11/h1-3,9,18H,4-8,10H2,(H,19,23)(H,20,22). The molecule has 1 aromatic carbocycles. The number of amides is 3. The second kappa shape index (κ2) is 7.02. The Bertz CT molecular complexity index is 659. The lowest BCUT2D eigenvalue weighted by Crippen LogP contribution is -2.30. The monoisotopic (exact) mass is 334 g/mol. The first-order chi connectivity index (χ1) is 11.1. The van der Waals surface area contributed by atoms with Crippen molar-refractivity contribution in [3.63, 3.8) is 0 Å². The third-order valence-corrected chi connectivity index (χ3v) is 4.31. The second-order valence-corrected chi connectivity index (χ2v) is 5.96. The Kier molecular flexibility index (Phi) is 4.83. The Balaban J connectivity index is 1.70. The van der Waals surface area contributed by atoms with Crippen LogP contribution in [0.2, 0.25) is 5.02 Å². The first kappa shape index (κ1) is 15.8. The predicted molar refractivity (Wildman–Crippen MR) is 90.1 cm³/mol. The van der Waals surface area contributed by atoms with Gasteiger partial charge in [0.2, 0.25) is 0 Å². The molecular formula is C16H19ClN4O2. The summed E-state index contributed by atoms with van der Waals surface area (Å²) in [6.45, 7) is 3.46. The first-order valence-electron chi connectivity index (χ1n) is 7.67. The predicted octanol–water partition coefficient (Wildman–Crippen LogP) is 1.52. The second-order valence-electron chi connectivity index (χ2n) is 5.55. The van der Waals surface area contributed by atoms with Crippen LogP contribution >= 0.6 is 11.6 Å². The van der Waals surface area contributed by atoms with Crippen LogP contribution in [-0.4, -0.2) is 44.7 Å². The topological polar surface area (TPSA) is 73.5 Å². The van der Waals surface area contributed by atoms with Gasteiger partial charge < -0.3 is 16.0 Å². The number of halogens is 1. The highest BCUT2D eigenvalue weighted by atomic mass is 35.5. The van der Waals surface area contributed by atoms with Crippen LogP contribution in [0.1, 0.15) is 16.8 Å². The molecule has 3 rings (SSSR count). The molecular weight excluding hydrogens is 316 g/mol. The van der Waals surface area contributed by atoms with E-state index in [1.54, 1.807) is 23.1 Å². The molecule has 23 heavy (non-hydrogen) atoms. The fourth-order valence-electron chi connectivity index (χ4n) is 2.69. The molecule has 3 amide bonds. The maximum atomic E-state index is 12.3. The van der Waals surface area contributed by atoms with E-state index >= 15 is 0 Å².